The molecule has 1 fully saturated rings. The first kappa shape index (κ1) is 10.7. The average Bonchev–Trinajstić information content (AvgIpc) is 2.30. The first-order valence-electron chi connectivity index (χ1n) is 4.17. The number of hydrogen-bond acceptors (Lipinski definition) is 4. The van der Waals surface area contributed by atoms with Gasteiger partial charge in [-0.2, -0.15) is 4.31 Å². The maximum absolute atomic E-state index is 9.25. The van der Waals surface area contributed by atoms with Crippen molar-refractivity contribution in [1.29, 1.82) is 0 Å². The van der Waals surface area contributed by atoms with Gasteiger partial charge in [-0.3, -0.25) is 9.11 Å². The maximum Gasteiger partial charge on any atom is 0.0217 e. The lowest BCUT2D eigenvalue weighted by molar-refractivity contribution is 0.367. The van der Waals surface area contributed by atoms with Gasteiger partial charge in [-0.25, -0.2) is 0 Å². The second-order valence-electron chi connectivity index (χ2n) is 3.67. The molecule has 0 radical (unpaired) electrons. The van der Waals surface area contributed by atoms with Crippen molar-refractivity contribution in [3.63, 3.8) is 0 Å². The summed E-state index contributed by atoms with van der Waals surface area (Å²) in [4.78, 5) is 0. The summed E-state index contributed by atoms with van der Waals surface area (Å²) in [5, 5.41) is 0. The Hall–Kier alpha value is 0.580. The minimum Gasteiger partial charge on any atom is -0.277 e. The van der Waals surface area contributed by atoms with Crippen molar-refractivity contribution in [1.82, 2.24) is 4.31 Å². The fourth-order valence-electron chi connectivity index (χ4n) is 1.52. The summed E-state index contributed by atoms with van der Waals surface area (Å²) in [5.41, 5.74) is 0. The average molecular weight is 211 g/mol. The van der Waals surface area contributed by atoms with Gasteiger partial charge < -0.3 is 0 Å². The van der Waals surface area contributed by atoms with Gasteiger partial charge in [0.1, 0.15) is 0 Å². The van der Waals surface area contributed by atoms with Gasteiger partial charge in [0.05, 0.1) is 0 Å². The molecule has 12 heavy (non-hydrogen) atoms. The van der Waals surface area contributed by atoms with Gasteiger partial charge in [-0.05, 0) is 29.9 Å². The van der Waals surface area contributed by atoms with E-state index in [0.717, 1.165) is 19.5 Å². The van der Waals surface area contributed by atoms with Crippen molar-refractivity contribution in [3.05, 3.63) is 0 Å². The third kappa shape index (κ3) is 2.53. The van der Waals surface area contributed by atoms with Crippen LogP contribution < -0.4 is 0 Å². The quantitative estimate of drug-likeness (QED) is 0.485. The smallest absolute Gasteiger partial charge is 0.0217 e. The zero-order chi connectivity index (χ0) is 9.35. The summed E-state index contributed by atoms with van der Waals surface area (Å²) in [6.45, 7) is 5.86. The Labute approximate surface area is 80.4 Å². The van der Waals surface area contributed by atoms with E-state index >= 15 is 0 Å². The van der Waals surface area contributed by atoms with Gasteiger partial charge in [0, 0.05) is 13.1 Å². The Kier molecular flexibility index (Phi) is 3.34. The predicted molar refractivity (Wildman–Crippen MR) is 56.4 cm³/mol. The Morgan fingerprint density at radius 1 is 1.50 bits per heavy atom. The molecule has 1 saturated heterocycles. The molecule has 0 aromatic carbocycles. The fraction of sp³-hybridized carbons (Fsp3) is 1.00. The minimum atomic E-state index is -2.74. The molecule has 74 valence electrons. The molecular weight excluding hydrogens is 194 g/mol. The molecule has 1 aliphatic rings. The molecule has 0 aromatic heterocycles. The van der Waals surface area contributed by atoms with Crippen LogP contribution in [0.5, 0.6) is 0 Å². The number of rotatable bonds is 2. The van der Waals surface area contributed by atoms with E-state index in [0.29, 0.717) is 11.8 Å². The van der Waals surface area contributed by atoms with Crippen LogP contribution >= 0.6 is 21.5 Å². The van der Waals surface area contributed by atoms with Crippen molar-refractivity contribution < 1.29 is 9.11 Å². The largest absolute Gasteiger partial charge is 0.277 e. The van der Waals surface area contributed by atoms with Crippen molar-refractivity contribution in [3.8, 4) is 0 Å². The summed E-state index contributed by atoms with van der Waals surface area (Å²) in [5.74, 6) is 1.20. The van der Waals surface area contributed by atoms with E-state index in [2.05, 4.69) is 25.5 Å². The number of thiol groups is 1. The van der Waals surface area contributed by atoms with Gasteiger partial charge in [-0.1, -0.05) is 23.7 Å². The van der Waals surface area contributed by atoms with Gasteiger partial charge in [0.25, 0.3) is 0 Å². The van der Waals surface area contributed by atoms with Gasteiger partial charge in [0.15, 0.2) is 0 Å². The third-order valence-electron chi connectivity index (χ3n) is 2.48. The molecule has 1 unspecified atom stereocenters. The minimum absolute atomic E-state index is 0.586. The molecule has 0 bridgehead atoms. The van der Waals surface area contributed by atoms with E-state index in [-0.39, 0.29) is 0 Å². The fourth-order valence-corrected chi connectivity index (χ4v) is 2.71. The third-order valence-corrected chi connectivity index (χ3v) is 4.19. The van der Waals surface area contributed by atoms with Crippen LogP contribution in [0.4, 0.5) is 0 Å². The van der Waals surface area contributed by atoms with Crippen molar-refractivity contribution in [2.45, 2.75) is 20.3 Å². The van der Waals surface area contributed by atoms with E-state index in [1.165, 1.54) is 0 Å². The second kappa shape index (κ2) is 3.75. The molecule has 0 saturated carbocycles. The zero-order valence-electron chi connectivity index (χ0n) is 7.47. The highest BCUT2D eigenvalue weighted by molar-refractivity contribution is 8.81. The zero-order valence-corrected chi connectivity index (χ0v) is 9.18. The summed E-state index contributed by atoms with van der Waals surface area (Å²) in [6.07, 6.45) is 1.05. The molecule has 1 rings (SSSR count). The lowest BCUT2D eigenvalue weighted by atomic mass is 9.96. The van der Waals surface area contributed by atoms with Gasteiger partial charge in [0.2, 0.25) is 0 Å². The van der Waals surface area contributed by atoms with Crippen LogP contribution in [-0.2, 0) is 0 Å². The highest BCUT2D eigenvalue weighted by Gasteiger charge is 2.30. The molecule has 0 aromatic rings. The van der Waals surface area contributed by atoms with Crippen LogP contribution in [0.3, 0.4) is 0 Å². The van der Waals surface area contributed by atoms with Gasteiger partial charge >= 0.3 is 0 Å². The molecule has 5 heteroatoms. The Morgan fingerprint density at radius 2 is 2.08 bits per heavy atom. The van der Waals surface area contributed by atoms with Crippen LogP contribution in [0.15, 0.2) is 0 Å². The van der Waals surface area contributed by atoms with Crippen LogP contribution in [0.25, 0.3) is 0 Å². The summed E-state index contributed by atoms with van der Waals surface area (Å²) in [6, 6.07) is 0. The van der Waals surface area contributed by atoms with Crippen LogP contribution in [0.1, 0.15) is 20.3 Å². The van der Waals surface area contributed by atoms with Crippen LogP contribution in [-0.4, -0.2) is 26.5 Å². The van der Waals surface area contributed by atoms with Crippen molar-refractivity contribution >= 4 is 21.5 Å². The standard InChI is InChI=1S/C7H17NO2S2/c1-6(2)7-3-4-8(5-7)12(9,10)11/h6-7,9-11H,3-5H2,1-2H3. The molecule has 1 aliphatic heterocycles. The van der Waals surface area contributed by atoms with E-state index in [1.807, 2.05) is 0 Å². The Bertz CT molecular complexity index is 158. The van der Waals surface area contributed by atoms with Crippen molar-refractivity contribution in [2.24, 2.45) is 11.8 Å². The van der Waals surface area contributed by atoms with Crippen LogP contribution in [0.2, 0.25) is 0 Å². The summed E-state index contributed by atoms with van der Waals surface area (Å²) in [7, 11) is -2.74. The van der Waals surface area contributed by atoms with E-state index in [4.69, 9.17) is 0 Å². The maximum atomic E-state index is 9.25. The predicted octanol–water partition coefficient (Wildman–Crippen LogP) is 2.47. The summed E-state index contributed by atoms with van der Waals surface area (Å²) >= 11 is 3.78. The molecule has 1 heterocycles. The summed E-state index contributed by atoms with van der Waals surface area (Å²) < 4.78 is 20.2. The van der Waals surface area contributed by atoms with E-state index in [1.54, 1.807) is 4.31 Å². The van der Waals surface area contributed by atoms with Crippen LogP contribution in [0, 0.1) is 11.8 Å². The first-order chi connectivity index (χ1) is 5.41. The Balaban J connectivity index is 2.46. The first-order valence-corrected chi connectivity index (χ1v) is 6.72. The SMILES string of the molecule is CC(C)C1CCN(S(O)(O)S)C1. The highest BCUT2D eigenvalue weighted by Crippen LogP contribution is 2.50. The van der Waals surface area contributed by atoms with E-state index in [9.17, 15) is 9.11 Å². The lowest BCUT2D eigenvalue weighted by Gasteiger charge is -2.35. The highest BCUT2D eigenvalue weighted by atomic mass is 33.2. The monoisotopic (exact) mass is 211 g/mol. The second-order valence-corrected chi connectivity index (χ2v) is 6.64. The normalized spacial score (nSPS) is 28.3. The van der Waals surface area contributed by atoms with E-state index < -0.39 is 9.81 Å². The molecular formula is C7H17NO2S2. The number of nitrogens with zero attached hydrogens (tertiary/aromatic N) is 1. The lowest BCUT2D eigenvalue weighted by Crippen LogP contribution is -2.22. The Morgan fingerprint density at radius 3 is 2.33 bits per heavy atom. The molecule has 0 spiro atoms. The molecule has 1 atom stereocenters. The van der Waals surface area contributed by atoms with Gasteiger partial charge in [-0.15, -0.1) is 0 Å². The molecule has 0 amide bonds. The molecule has 0 aliphatic carbocycles. The number of hydrogen-bond donors (Lipinski definition) is 3. The van der Waals surface area contributed by atoms with Crippen molar-refractivity contribution in [2.75, 3.05) is 13.1 Å². The molecule has 2 N–H and O–H groups in total. The molecule has 3 nitrogen and oxygen atoms in total. The topological polar surface area (TPSA) is 43.7 Å².